The maximum absolute atomic E-state index is 13.2. The molecular weight excluding hydrogens is 356 g/mol. The molecule has 6 nitrogen and oxygen atoms in total. The van der Waals surface area contributed by atoms with Crippen molar-refractivity contribution in [2.24, 2.45) is 11.8 Å². The third-order valence-electron chi connectivity index (χ3n) is 6.97. The van der Waals surface area contributed by atoms with E-state index < -0.39 is 5.41 Å². The van der Waals surface area contributed by atoms with Crippen molar-refractivity contribution < 1.29 is 19.1 Å². The Kier molecular flexibility index (Phi) is 4.91. The van der Waals surface area contributed by atoms with Crippen molar-refractivity contribution in [1.82, 2.24) is 4.90 Å². The maximum Gasteiger partial charge on any atom is 0.337 e. The van der Waals surface area contributed by atoms with Gasteiger partial charge in [0.1, 0.15) is 0 Å². The highest BCUT2D eigenvalue weighted by molar-refractivity contribution is 6.07. The highest BCUT2D eigenvalue weighted by Crippen LogP contribution is 2.53. The first-order chi connectivity index (χ1) is 13.6. The third-order valence-corrected chi connectivity index (χ3v) is 6.97. The number of nitrogens with zero attached hydrogens (tertiary/aromatic N) is 1. The maximum atomic E-state index is 13.2. The number of amides is 1. The number of benzene rings is 1. The van der Waals surface area contributed by atoms with Crippen molar-refractivity contribution in [2.75, 3.05) is 32.6 Å². The molecule has 0 saturated carbocycles. The van der Waals surface area contributed by atoms with Gasteiger partial charge in [-0.3, -0.25) is 9.69 Å². The number of ether oxygens (including phenoxy) is 2. The van der Waals surface area contributed by atoms with Gasteiger partial charge in [-0.2, -0.15) is 0 Å². The molecule has 4 atom stereocenters. The average molecular weight is 384 g/mol. The van der Waals surface area contributed by atoms with E-state index in [2.05, 4.69) is 23.2 Å². The minimum Gasteiger partial charge on any atom is -0.504 e. The predicted molar refractivity (Wildman–Crippen MR) is 106 cm³/mol. The molecule has 0 radical (unpaired) electrons. The van der Waals surface area contributed by atoms with Crippen molar-refractivity contribution in [3.05, 3.63) is 41.7 Å². The Labute approximate surface area is 165 Å². The summed E-state index contributed by atoms with van der Waals surface area (Å²) >= 11 is 0. The van der Waals surface area contributed by atoms with Gasteiger partial charge >= 0.3 is 5.97 Å². The minimum absolute atomic E-state index is 0.00851. The van der Waals surface area contributed by atoms with E-state index in [1.54, 1.807) is 7.11 Å². The predicted octanol–water partition coefficient (Wildman–Crippen LogP) is 2.70. The standard InChI is InChI=1S/C22H28N2O4/c1-4-14-12-24-10-9-22(17-7-5-6-8-18(17)23-21(22)26)19(24)11-15(14)16(13-27-2)20(25)28-3/h5-8,13-15,19H,4,9-12H2,1-3H3,(H,23,26)/b16-13+/t14-,15-,19-,22?/m1/s1. The molecule has 2 saturated heterocycles. The minimum atomic E-state index is -0.540. The number of methoxy groups -OCH3 is 2. The van der Waals surface area contributed by atoms with E-state index in [4.69, 9.17) is 9.47 Å². The summed E-state index contributed by atoms with van der Waals surface area (Å²) in [6.45, 7) is 3.93. The van der Waals surface area contributed by atoms with Gasteiger partial charge in [0.15, 0.2) is 0 Å². The summed E-state index contributed by atoms with van der Waals surface area (Å²) in [6, 6.07) is 8.07. The van der Waals surface area contributed by atoms with Crippen LogP contribution in [-0.2, 0) is 24.5 Å². The lowest BCUT2D eigenvalue weighted by atomic mass is 9.67. The highest BCUT2D eigenvalue weighted by Gasteiger charge is 2.60. The van der Waals surface area contributed by atoms with Crippen LogP contribution in [0.3, 0.4) is 0 Å². The Morgan fingerprint density at radius 1 is 1.36 bits per heavy atom. The summed E-state index contributed by atoms with van der Waals surface area (Å²) in [5.41, 5.74) is 2.05. The number of hydrogen-bond donors (Lipinski definition) is 1. The zero-order valence-corrected chi connectivity index (χ0v) is 16.7. The number of carbonyl (C=O) groups excluding carboxylic acids is 2. The van der Waals surface area contributed by atoms with E-state index >= 15 is 0 Å². The zero-order valence-electron chi connectivity index (χ0n) is 16.7. The van der Waals surface area contributed by atoms with E-state index in [0.717, 1.165) is 43.6 Å². The third kappa shape index (κ3) is 2.65. The first-order valence-electron chi connectivity index (χ1n) is 10.0. The van der Waals surface area contributed by atoms with E-state index in [-0.39, 0.29) is 23.8 Å². The van der Waals surface area contributed by atoms with Gasteiger partial charge in [-0.25, -0.2) is 4.79 Å². The monoisotopic (exact) mass is 384 g/mol. The zero-order chi connectivity index (χ0) is 19.9. The molecule has 28 heavy (non-hydrogen) atoms. The summed E-state index contributed by atoms with van der Waals surface area (Å²) in [6.07, 6.45) is 4.04. The lowest BCUT2D eigenvalue weighted by Gasteiger charge is -2.45. The largest absolute Gasteiger partial charge is 0.504 e. The number of hydrogen-bond acceptors (Lipinski definition) is 5. The molecule has 4 rings (SSSR count). The van der Waals surface area contributed by atoms with Crippen molar-refractivity contribution in [3.63, 3.8) is 0 Å². The molecule has 1 aromatic carbocycles. The normalized spacial score (nSPS) is 32.0. The topological polar surface area (TPSA) is 67.9 Å². The van der Waals surface area contributed by atoms with Crippen LogP contribution < -0.4 is 5.32 Å². The van der Waals surface area contributed by atoms with E-state index in [1.165, 1.54) is 13.4 Å². The second-order valence-corrected chi connectivity index (χ2v) is 8.04. The van der Waals surface area contributed by atoms with Gasteiger partial charge < -0.3 is 14.8 Å². The van der Waals surface area contributed by atoms with Crippen LogP contribution in [0.1, 0.15) is 31.7 Å². The summed E-state index contributed by atoms with van der Waals surface area (Å²) in [4.78, 5) is 28.1. The molecule has 0 aliphatic carbocycles. The van der Waals surface area contributed by atoms with Gasteiger partial charge in [-0.15, -0.1) is 0 Å². The molecule has 2 fully saturated rings. The number of piperidine rings is 1. The van der Waals surface area contributed by atoms with Crippen molar-refractivity contribution in [1.29, 1.82) is 0 Å². The second-order valence-electron chi connectivity index (χ2n) is 8.04. The Morgan fingerprint density at radius 2 is 2.14 bits per heavy atom. The molecule has 1 amide bonds. The SMILES string of the molecule is CC[C@@H]1CN2CCC3(C(=O)Nc4ccccc43)[C@H]2C[C@H]1/C(=C\OC)C(=O)OC. The molecule has 3 aliphatic heterocycles. The van der Waals surface area contributed by atoms with Gasteiger partial charge in [0.2, 0.25) is 5.91 Å². The second kappa shape index (κ2) is 7.24. The van der Waals surface area contributed by atoms with Crippen LogP contribution in [0.15, 0.2) is 36.1 Å². The van der Waals surface area contributed by atoms with Gasteiger partial charge in [0.25, 0.3) is 0 Å². The molecule has 0 aromatic heterocycles. The highest BCUT2D eigenvalue weighted by atomic mass is 16.5. The number of fused-ring (bicyclic) bond motifs is 4. The van der Waals surface area contributed by atoms with Crippen molar-refractivity contribution >= 4 is 17.6 Å². The molecule has 1 N–H and O–H groups in total. The molecule has 150 valence electrons. The van der Waals surface area contributed by atoms with Gasteiger partial charge in [-0.05, 0) is 42.9 Å². The van der Waals surface area contributed by atoms with Crippen molar-refractivity contribution in [3.8, 4) is 0 Å². The fourth-order valence-corrected chi connectivity index (χ4v) is 5.63. The van der Waals surface area contributed by atoms with Gasteiger partial charge in [0.05, 0.1) is 31.5 Å². The van der Waals surface area contributed by atoms with E-state index in [1.807, 2.05) is 18.2 Å². The summed E-state index contributed by atoms with van der Waals surface area (Å²) in [7, 11) is 2.95. The number of anilines is 1. The first kappa shape index (κ1) is 19.0. The molecule has 0 bridgehead atoms. The Morgan fingerprint density at radius 3 is 2.86 bits per heavy atom. The average Bonchev–Trinajstić information content (AvgIpc) is 3.23. The smallest absolute Gasteiger partial charge is 0.337 e. The van der Waals surface area contributed by atoms with Crippen LogP contribution in [0.25, 0.3) is 0 Å². The molecular formula is C22H28N2O4. The first-order valence-corrected chi connectivity index (χ1v) is 10.0. The fourth-order valence-electron chi connectivity index (χ4n) is 5.63. The van der Waals surface area contributed by atoms with Crippen LogP contribution in [0.5, 0.6) is 0 Å². The summed E-state index contributed by atoms with van der Waals surface area (Å²) in [5, 5.41) is 3.10. The van der Waals surface area contributed by atoms with Gasteiger partial charge in [-0.1, -0.05) is 31.5 Å². The quantitative estimate of drug-likeness (QED) is 0.491. The fraction of sp³-hybridized carbons (Fsp3) is 0.545. The lowest BCUT2D eigenvalue weighted by molar-refractivity contribution is -0.137. The lowest BCUT2D eigenvalue weighted by Crippen LogP contribution is -2.53. The van der Waals surface area contributed by atoms with E-state index in [0.29, 0.717) is 11.5 Å². The number of carbonyl (C=O) groups is 2. The molecule has 1 unspecified atom stereocenters. The number of para-hydroxylation sites is 1. The van der Waals surface area contributed by atoms with Crippen LogP contribution in [0, 0.1) is 11.8 Å². The number of nitrogens with one attached hydrogen (secondary N) is 1. The molecule has 1 aromatic rings. The molecule has 1 spiro atoms. The van der Waals surface area contributed by atoms with Crippen molar-refractivity contribution in [2.45, 2.75) is 37.6 Å². The van der Waals surface area contributed by atoms with Crippen LogP contribution in [-0.4, -0.2) is 50.1 Å². The molecule has 6 heteroatoms. The Balaban J connectivity index is 1.74. The number of esters is 1. The number of rotatable bonds is 4. The Hall–Kier alpha value is -2.34. The Bertz CT molecular complexity index is 821. The van der Waals surface area contributed by atoms with Crippen LogP contribution >= 0.6 is 0 Å². The van der Waals surface area contributed by atoms with Crippen LogP contribution in [0.4, 0.5) is 5.69 Å². The van der Waals surface area contributed by atoms with Gasteiger partial charge in [0, 0.05) is 18.3 Å². The summed E-state index contributed by atoms with van der Waals surface area (Å²) in [5.74, 6) is 0.0769. The molecule has 3 aliphatic rings. The van der Waals surface area contributed by atoms with E-state index in [9.17, 15) is 9.59 Å². The molecule has 3 heterocycles. The summed E-state index contributed by atoms with van der Waals surface area (Å²) < 4.78 is 10.3. The van der Waals surface area contributed by atoms with Crippen LogP contribution in [0.2, 0.25) is 0 Å².